The molecule has 15 heavy (non-hydrogen) atoms. The average Bonchev–Trinajstić information content (AvgIpc) is 2.61. The molecule has 0 aromatic carbocycles. The van der Waals surface area contributed by atoms with Crippen molar-refractivity contribution in [2.24, 2.45) is 5.92 Å². The minimum absolute atomic E-state index is 0.838. The molecule has 1 N–H and O–H groups in total. The Hall–Kier alpha value is -0.340. The average molecular weight is 225 g/mol. The van der Waals surface area contributed by atoms with Crippen LogP contribution in [0.5, 0.6) is 0 Å². The van der Waals surface area contributed by atoms with Crippen molar-refractivity contribution >= 4 is 11.3 Å². The molecule has 2 heteroatoms. The van der Waals surface area contributed by atoms with Gasteiger partial charge in [-0.2, -0.15) is 0 Å². The maximum Gasteiger partial charge on any atom is 0.00745 e. The highest BCUT2D eigenvalue weighted by molar-refractivity contribution is 7.10. The zero-order chi connectivity index (χ0) is 11.1. The largest absolute Gasteiger partial charge is 0.317 e. The number of hydrogen-bond donors (Lipinski definition) is 1. The summed E-state index contributed by atoms with van der Waals surface area (Å²) in [5.41, 5.74) is 1.47. The van der Waals surface area contributed by atoms with Gasteiger partial charge in [0.05, 0.1) is 0 Å². The summed E-state index contributed by atoms with van der Waals surface area (Å²) in [5, 5.41) is 5.59. The van der Waals surface area contributed by atoms with Gasteiger partial charge in [0.1, 0.15) is 0 Å². The molecule has 0 aliphatic carbocycles. The normalized spacial score (nSPS) is 13.0. The van der Waals surface area contributed by atoms with E-state index in [0.717, 1.165) is 12.5 Å². The molecule has 1 heterocycles. The van der Waals surface area contributed by atoms with Crippen molar-refractivity contribution < 1.29 is 0 Å². The molecular weight excluding hydrogens is 202 g/mol. The fraction of sp³-hybridized carbons (Fsp3) is 0.692. The summed E-state index contributed by atoms with van der Waals surface area (Å²) in [6, 6.07) is 2.23. The molecule has 86 valence electrons. The second-order valence-electron chi connectivity index (χ2n) is 4.31. The highest BCUT2D eigenvalue weighted by atomic mass is 32.1. The van der Waals surface area contributed by atoms with Crippen molar-refractivity contribution in [3.8, 4) is 0 Å². The quantitative estimate of drug-likeness (QED) is 0.699. The van der Waals surface area contributed by atoms with Crippen molar-refractivity contribution in [3.05, 3.63) is 21.9 Å². The molecule has 1 aromatic heterocycles. The molecular formula is C13H23NS. The van der Waals surface area contributed by atoms with Crippen LogP contribution in [0.2, 0.25) is 0 Å². The van der Waals surface area contributed by atoms with Crippen LogP contribution < -0.4 is 5.32 Å². The second-order valence-corrected chi connectivity index (χ2v) is 5.31. The summed E-state index contributed by atoms with van der Waals surface area (Å²) in [7, 11) is 0. The Morgan fingerprint density at radius 3 is 2.80 bits per heavy atom. The van der Waals surface area contributed by atoms with Gasteiger partial charge >= 0.3 is 0 Å². The van der Waals surface area contributed by atoms with E-state index < -0.39 is 0 Å². The summed E-state index contributed by atoms with van der Waals surface area (Å²) >= 11 is 1.90. The first kappa shape index (κ1) is 12.7. The van der Waals surface area contributed by atoms with Gasteiger partial charge in [0.2, 0.25) is 0 Å². The summed E-state index contributed by atoms with van der Waals surface area (Å²) in [6.07, 6.45) is 3.89. The molecule has 0 radical (unpaired) electrons. The second kappa shape index (κ2) is 7.02. The summed E-state index contributed by atoms with van der Waals surface area (Å²) in [5.74, 6) is 0.838. The lowest BCUT2D eigenvalue weighted by molar-refractivity contribution is 0.475. The number of rotatable bonds is 7. The van der Waals surface area contributed by atoms with Crippen LogP contribution >= 0.6 is 11.3 Å². The summed E-state index contributed by atoms with van der Waals surface area (Å²) < 4.78 is 0. The van der Waals surface area contributed by atoms with Crippen LogP contribution in [-0.2, 0) is 6.42 Å². The van der Waals surface area contributed by atoms with E-state index in [4.69, 9.17) is 0 Å². The molecule has 0 aliphatic rings. The molecule has 0 saturated carbocycles. The first-order valence-electron chi connectivity index (χ1n) is 5.97. The van der Waals surface area contributed by atoms with Crippen LogP contribution in [0.15, 0.2) is 11.4 Å². The Kier molecular flexibility index (Phi) is 5.96. The minimum Gasteiger partial charge on any atom is -0.317 e. The first-order valence-corrected chi connectivity index (χ1v) is 6.85. The number of nitrogens with one attached hydrogen (secondary N) is 1. The van der Waals surface area contributed by atoms with Gasteiger partial charge in [-0.15, -0.1) is 11.3 Å². The Labute approximate surface area is 97.9 Å². The van der Waals surface area contributed by atoms with Crippen molar-refractivity contribution in [1.29, 1.82) is 0 Å². The Morgan fingerprint density at radius 2 is 2.20 bits per heavy atom. The van der Waals surface area contributed by atoms with E-state index in [2.05, 4.69) is 37.5 Å². The minimum atomic E-state index is 0.838. The van der Waals surface area contributed by atoms with E-state index in [1.165, 1.54) is 31.4 Å². The molecule has 1 aromatic rings. The molecule has 1 atom stereocenters. The standard InChI is InChI=1S/C13H23NS/c1-4-14-9-7-11(2)5-6-13-12(3)8-10-15-13/h8,10-11,14H,4-7,9H2,1-3H3. The topological polar surface area (TPSA) is 12.0 Å². The monoisotopic (exact) mass is 225 g/mol. The lowest BCUT2D eigenvalue weighted by Gasteiger charge is -2.10. The van der Waals surface area contributed by atoms with Crippen LogP contribution in [0.4, 0.5) is 0 Å². The third kappa shape index (κ3) is 4.80. The van der Waals surface area contributed by atoms with Gasteiger partial charge in [0.25, 0.3) is 0 Å². The number of hydrogen-bond acceptors (Lipinski definition) is 2. The van der Waals surface area contributed by atoms with Crippen LogP contribution in [0.1, 0.15) is 37.1 Å². The van der Waals surface area contributed by atoms with Crippen LogP contribution in [0.3, 0.4) is 0 Å². The van der Waals surface area contributed by atoms with Crippen LogP contribution in [0, 0.1) is 12.8 Å². The summed E-state index contributed by atoms with van der Waals surface area (Å²) in [6.45, 7) is 9.01. The van der Waals surface area contributed by atoms with Crippen LogP contribution in [0.25, 0.3) is 0 Å². The van der Waals surface area contributed by atoms with Gasteiger partial charge in [-0.25, -0.2) is 0 Å². The maximum atomic E-state index is 3.39. The first-order chi connectivity index (χ1) is 7.24. The van der Waals surface area contributed by atoms with Gasteiger partial charge < -0.3 is 5.32 Å². The van der Waals surface area contributed by atoms with Gasteiger partial charge in [-0.1, -0.05) is 13.8 Å². The third-order valence-electron chi connectivity index (χ3n) is 2.90. The molecule has 0 amide bonds. The number of aryl methyl sites for hydroxylation is 2. The van der Waals surface area contributed by atoms with E-state index in [1.807, 2.05) is 11.3 Å². The predicted octanol–water partition coefficient (Wildman–Crippen LogP) is 3.62. The Morgan fingerprint density at radius 1 is 1.40 bits per heavy atom. The lowest BCUT2D eigenvalue weighted by atomic mass is 10.0. The molecule has 0 saturated heterocycles. The van der Waals surface area contributed by atoms with E-state index in [-0.39, 0.29) is 0 Å². The highest BCUT2D eigenvalue weighted by Crippen LogP contribution is 2.20. The Balaban J connectivity index is 2.16. The molecule has 1 nitrogen and oxygen atoms in total. The van der Waals surface area contributed by atoms with Crippen LogP contribution in [-0.4, -0.2) is 13.1 Å². The van der Waals surface area contributed by atoms with Gasteiger partial charge in [-0.05, 0) is 62.2 Å². The Bertz CT molecular complexity index is 267. The SMILES string of the molecule is CCNCCC(C)CCc1sccc1C. The fourth-order valence-electron chi connectivity index (χ4n) is 1.71. The fourth-order valence-corrected chi connectivity index (χ4v) is 2.63. The van der Waals surface area contributed by atoms with Gasteiger partial charge in [-0.3, -0.25) is 0 Å². The van der Waals surface area contributed by atoms with E-state index >= 15 is 0 Å². The van der Waals surface area contributed by atoms with Crippen molar-refractivity contribution in [1.82, 2.24) is 5.32 Å². The zero-order valence-electron chi connectivity index (χ0n) is 10.2. The van der Waals surface area contributed by atoms with E-state index in [1.54, 1.807) is 4.88 Å². The van der Waals surface area contributed by atoms with Crippen molar-refractivity contribution in [2.75, 3.05) is 13.1 Å². The number of thiophene rings is 1. The van der Waals surface area contributed by atoms with Gasteiger partial charge in [0.15, 0.2) is 0 Å². The molecule has 0 spiro atoms. The van der Waals surface area contributed by atoms with Crippen molar-refractivity contribution in [2.45, 2.75) is 40.0 Å². The van der Waals surface area contributed by atoms with E-state index in [9.17, 15) is 0 Å². The van der Waals surface area contributed by atoms with E-state index in [0.29, 0.717) is 0 Å². The molecule has 1 unspecified atom stereocenters. The molecule has 0 aliphatic heterocycles. The third-order valence-corrected chi connectivity index (χ3v) is 3.98. The smallest absolute Gasteiger partial charge is 0.00745 e. The predicted molar refractivity (Wildman–Crippen MR) is 69.7 cm³/mol. The van der Waals surface area contributed by atoms with Gasteiger partial charge in [0, 0.05) is 4.88 Å². The van der Waals surface area contributed by atoms with Crippen molar-refractivity contribution in [3.63, 3.8) is 0 Å². The maximum absolute atomic E-state index is 3.39. The molecule has 0 fully saturated rings. The zero-order valence-corrected chi connectivity index (χ0v) is 11.0. The molecule has 1 rings (SSSR count). The summed E-state index contributed by atoms with van der Waals surface area (Å²) in [4.78, 5) is 1.57. The highest BCUT2D eigenvalue weighted by Gasteiger charge is 2.04. The lowest BCUT2D eigenvalue weighted by Crippen LogP contribution is -2.16. The molecule has 0 bridgehead atoms.